The standard InChI is InChI=1S/C14H17N3OS/c18-14-15-7-8-17(14)13-3-1-11(2-4-13)16-12-5-9-19-10-6-12/h1-4,7-8,12,16H,5-6,9-10H2,(H,15,18). The van der Waals surface area contributed by atoms with Crippen molar-refractivity contribution in [3.8, 4) is 5.69 Å². The largest absolute Gasteiger partial charge is 0.382 e. The van der Waals surface area contributed by atoms with Crippen molar-refractivity contribution in [2.45, 2.75) is 18.9 Å². The highest BCUT2D eigenvalue weighted by atomic mass is 32.2. The van der Waals surface area contributed by atoms with Crippen molar-refractivity contribution in [3.05, 3.63) is 47.1 Å². The minimum absolute atomic E-state index is 0.106. The number of hydrogen-bond donors (Lipinski definition) is 2. The van der Waals surface area contributed by atoms with Gasteiger partial charge in [0.1, 0.15) is 0 Å². The Labute approximate surface area is 116 Å². The fraction of sp³-hybridized carbons (Fsp3) is 0.357. The first-order valence-corrected chi connectivity index (χ1v) is 7.69. The van der Waals surface area contributed by atoms with Crippen LogP contribution in [0.3, 0.4) is 0 Å². The second-order valence-corrected chi connectivity index (χ2v) is 5.94. The lowest BCUT2D eigenvalue weighted by atomic mass is 10.1. The van der Waals surface area contributed by atoms with Crippen LogP contribution in [0.4, 0.5) is 5.69 Å². The van der Waals surface area contributed by atoms with Gasteiger partial charge in [-0.2, -0.15) is 11.8 Å². The van der Waals surface area contributed by atoms with Crippen molar-refractivity contribution in [3.63, 3.8) is 0 Å². The van der Waals surface area contributed by atoms with Crippen LogP contribution in [-0.2, 0) is 0 Å². The first-order valence-electron chi connectivity index (χ1n) is 6.54. The summed E-state index contributed by atoms with van der Waals surface area (Å²) in [6, 6.07) is 8.60. The molecule has 0 unspecified atom stereocenters. The number of aromatic amines is 1. The van der Waals surface area contributed by atoms with Crippen LogP contribution in [0.2, 0.25) is 0 Å². The second-order valence-electron chi connectivity index (χ2n) is 4.71. The highest BCUT2D eigenvalue weighted by molar-refractivity contribution is 7.99. The van der Waals surface area contributed by atoms with Crippen LogP contribution >= 0.6 is 11.8 Å². The number of benzene rings is 1. The van der Waals surface area contributed by atoms with Crippen LogP contribution in [0.5, 0.6) is 0 Å². The molecular weight excluding hydrogens is 258 g/mol. The van der Waals surface area contributed by atoms with Gasteiger partial charge in [0, 0.05) is 24.1 Å². The third-order valence-electron chi connectivity index (χ3n) is 3.39. The molecule has 2 aromatic rings. The number of nitrogens with one attached hydrogen (secondary N) is 2. The van der Waals surface area contributed by atoms with E-state index in [1.54, 1.807) is 17.0 Å². The minimum Gasteiger partial charge on any atom is -0.382 e. The summed E-state index contributed by atoms with van der Waals surface area (Å²) in [5.74, 6) is 2.49. The zero-order valence-electron chi connectivity index (χ0n) is 10.6. The third-order valence-corrected chi connectivity index (χ3v) is 4.44. The van der Waals surface area contributed by atoms with Crippen molar-refractivity contribution >= 4 is 17.4 Å². The molecule has 19 heavy (non-hydrogen) atoms. The summed E-state index contributed by atoms with van der Waals surface area (Å²) in [4.78, 5) is 14.1. The number of nitrogens with zero attached hydrogens (tertiary/aromatic N) is 1. The van der Waals surface area contributed by atoms with E-state index in [2.05, 4.69) is 10.3 Å². The number of rotatable bonds is 3. The maximum absolute atomic E-state index is 11.5. The zero-order valence-corrected chi connectivity index (χ0v) is 11.5. The van der Waals surface area contributed by atoms with Gasteiger partial charge in [0.15, 0.2) is 0 Å². The average Bonchev–Trinajstić information content (AvgIpc) is 2.87. The Morgan fingerprint density at radius 3 is 2.58 bits per heavy atom. The van der Waals surface area contributed by atoms with Crippen LogP contribution in [0.25, 0.3) is 5.69 Å². The summed E-state index contributed by atoms with van der Waals surface area (Å²) >= 11 is 2.03. The van der Waals surface area contributed by atoms with Gasteiger partial charge in [-0.3, -0.25) is 4.57 Å². The van der Waals surface area contributed by atoms with Gasteiger partial charge >= 0.3 is 5.69 Å². The molecule has 4 nitrogen and oxygen atoms in total. The lowest BCUT2D eigenvalue weighted by Crippen LogP contribution is -2.24. The van der Waals surface area contributed by atoms with Crippen LogP contribution in [0.15, 0.2) is 41.5 Å². The Bertz CT molecular complexity index is 581. The summed E-state index contributed by atoms with van der Waals surface area (Å²) in [7, 11) is 0. The van der Waals surface area contributed by atoms with Crippen LogP contribution in [0, 0.1) is 0 Å². The number of imidazole rings is 1. The summed E-state index contributed by atoms with van der Waals surface area (Å²) < 4.78 is 1.60. The number of anilines is 1. The van der Waals surface area contributed by atoms with Crippen LogP contribution in [0.1, 0.15) is 12.8 Å². The van der Waals surface area contributed by atoms with E-state index in [-0.39, 0.29) is 5.69 Å². The van der Waals surface area contributed by atoms with Gasteiger partial charge in [0.2, 0.25) is 0 Å². The van der Waals surface area contributed by atoms with Crippen molar-refractivity contribution in [1.29, 1.82) is 0 Å². The fourth-order valence-electron chi connectivity index (χ4n) is 2.32. The van der Waals surface area contributed by atoms with Gasteiger partial charge in [-0.25, -0.2) is 4.79 Å². The molecule has 1 fully saturated rings. The maximum Gasteiger partial charge on any atom is 0.330 e. The molecule has 2 N–H and O–H groups in total. The Balaban J connectivity index is 1.72. The topological polar surface area (TPSA) is 49.8 Å². The highest BCUT2D eigenvalue weighted by Crippen LogP contribution is 2.21. The number of H-pyrrole nitrogens is 1. The van der Waals surface area contributed by atoms with Gasteiger partial charge in [-0.15, -0.1) is 0 Å². The Kier molecular flexibility index (Phi) is 3.64. The first kappa shape index (κ1) is 12.4. The summed E-state index contributed by atoms with van der Waals surface area (Å²) in [5, 5.41) is 3.56. The van der Waals surface area contributed by atoms with E-state index in [9.17, 15) is 4.79 Å². The van der Waals surface area contributed by atoms with Gasteiger partial charge in [0.25, 0.3) is 0 Å². The summed E-state index contributed by atoms with van der Waals surface area (Å²) in [6.07, 6.45) is 5.84. The summed E-state index contributed by atoms with van der Waals surface area (Å²) in [5.41, 5.74) is 1.91. The van der Waals surface area contributed by atoms with Crippen molar-refractivity contribution in [1.82, 2.24) is 9.55 Å². The van der Waals surface area contributed by atoms with Crippen molar-refractivity contribution in [2.75, 3.05) is 16.8 Å². The van der Waals surface area contributed by atoms with Crippen molar-refractivity contribution in [2.24, 2.45) is 0 Å². The van der Waals surface area contributed by atoms with E-state index in [0.717, 1.165) is 11.4 Å². The number of aromatic nitrogens is 2. The number of hydrogen-bond acceptors (Lipinski definition) is 3. The molecule has 1 aromatic carbocycles. The minimum atomic E-state index is -0.106. The lowest BCUT2D eigenvalue weighted by molar-refractivity contribution is 0.667. The quantitative estimate of drug-likeness (QED) is 0.904. The molecule has 0 aliphatic carbocycles. The van der Waals surface area contributed by atoms with E-state index in [0.29, 0.717) is 6.04 Å². The van der Waals surface area contributed by atoms with Gasteiger partial charge in [-0.1, -0.05) is 0 Å². The first-order chi connectivity index (χ1) is 9.33. The van der Waals surface area contributed by atoms with E-state index >= 15 is 0 Å². The van der Waals surface area contributed by atoms with Gasteiger partial charge in [-0.05, 0) is 48.6 Å². The molecule has 0 bridgehead atoms. The molecule has 0 spiro atoms. The monoisotopic (exact) mass is 275 g/mol. The number of thioether (sulfide) groups is 1. The molecule has 1 aliphatic rings. The lowest BCUT2D eigenvalue weighted by Gasteiger charge is -2.23. The predicted octanol–water partition coefficient (Wildman–Crippen LogP) is 2.47. The van der Waals surface area contributed by atoms with E-state index in [4.69, 9.17) is 0 Å². The van der Waals surface area contributed by atoms with E-state index in [1.807, 2.05) is 36.0 Å². The average molecular weight is 275 g/mol. The molecule has 0 atom stereocenters. The third kappa shape index (κ3) is 2.87. The Hall–Kier alpha value is -1.62. The Morgan fingerprint density at radius 1 is 1.21 bits per heavy atom. The second kappa shape index (κ2) is 5.57. The molecule has 0 saturated carbocycles. The molecule has 0 amide bonds. The molecule has 1 aromatic heterocycles. The molecule has 1 saturated heterocycles. The molecular formula is C14H17N3OS. The summed E-state index contributed by atoms with van der Waals surface area (Å²) in [6.45, 7) is 0. The molecule has 100 valence electrons. The maximum atomic E-state index is 11.5. The normalized spacial score (nSPS) is 16.4. The Morgan fingerprint density at radius 2 is 1.95 bits per heavy atom. The smallest absolute Gasteiger partial charge is 0.330 e. The van der Waals surface area contributed by atoms with E-state index in [1.165, 1.54) is 24.3 Å². The molecule has 2 heterocycles. The van der Waals surface area contributed by atoms with Crippen LogP contribution < -0.4 is 11.0 Å². The fourth-order valence-corrected chi connectivity index (χ4v) is 3.43. The zero-order chi connectivity index (χ0) is 13.1. The molecule has 1 aliphatic heterocycles. The van der Waals surface area contributed by atoms with Gasteiger partial charge < -0.3 is 10.3 Å². The molecule has 3 rings (SSSR count). The van der Waals surface area contributed by atoms with Crippen molar-refractivity contribution < 1.29 is 0 Å². The SMILES string of the molecule is O=c1[nH]ccn1-c1ccc(NC2CCSCC2)cc1. The van der Waals surface area contributed by atoms with E-state index < -0.39 is 0 Å². The van der Waals surface area contributed by atoms with Gasteiger partial charge in [0.05, 0.1) is 5.69 Å². The predicted molar refractivity (Wildman–Crippen MR) is 80.4 cm³/mol. The molecule has 5 heteroatoms. The molecule has 0 radical (unpaired) electrons. The van der Waals surface area contributed by atoms with Crippen LogP contribution in [-0.4, -0.2) is 27.1 Å². The highest BCUT2D eigenvalue weighted by Gasteiger charge is 2.13.